The van der Waals surface area contributed by atoms with E-state index in [1.165, 1.54) is 0 Å². The van der Waals surface area contributed by atoms with Crippen molar-refractivity contribution in [2.24, 2.45) is 65.1 Å². The minimum Gasteiger partial charge on any atom is -0.372 e. The first-order chi connectivity index (χ1) is 27.3. The minimum atomic E-state index is -0.800. The number of carbonyl (C=O) groups excluding carboxylic acids is 2. The third kappa shape index (κ3) is 10.8. The lowest BCUT2D eigenvalue weighted by Gasteiger charge is -2.52. The van der Waals surface area contributed by atoms with Crippen LogP contribution < -0.4 is 0 Å². The van der Waals surface area contributed by atoms with Gasteiger partial charge in [0.15, 0.2) is 36.7 Å². The molecule has 5 aliphatic rings. The van der Waals surface area contributed by atoms with Gasteiger partial charge in [-0.3, -0.25) is 9.59 Å². The summed E-state index contributed by atoms with van der Waals surface area (Å²) in [6.07, 6.45) is -2.84. The van der Waals surface area contributed by atoms with Gasteiger partial charge in [-0.25, -0.2) is 0 Å². The average molecular weight is 853 g/mol. The minimum absolute atomic E-state index is 0. The van der Waals surface area contributed by atoms with Gasteiger partial charge in [-0.05, 0) is 81.5 Å². The molecule has 12 heteroatoms. The van der Waals surface area contributed by atoms with Gasteiger partial charge in [-0.1, -0.05) is 104 Å². The highest BCUT2D eigenvalue weighted by molar-refractivity contribution is 5.81. The molecule has 5 saturated heterocycles. The van der Waals surface area contributed by atoms with Crippen molar-refractivity contribution in [2.75, 3.05) is 0 Å². The van der Waals surface area contributed by atoms with Crippen molar-refractivity contribution in [3.63, 3.8) is 0 Å². The highest BCUT2D eigenvalue weighted by atomic mass is 16.7. The van der Waals surface area contributed by atoms with Gasteiger partial charge in [0.25, 0.3) is 0 Å². The van der Waals surface area contributed by atoms with E-state index in [1.807, 2.05) is 0 Å². The van der Waals surface area contributed by atoms with Gasteiger partial charge in [0.1, 0.15) is 12.2 Å². The summed E-state index contributed by atoms with van der Waals surface area (Å²) in [4.78, 5) is 26.5. The molecule has 5 aliphatic heterocycles. The Labute approximate surface area is 368 Å². The third-order valence-corrected chi connectivity index (χ3v) is 16.2. The van der Waals surface area contributed by atoms with Crippen molar-refractivity contribution < 1.29 is 53.6 Å². The van der Waals surface area contributed by atoms with Crippen molar-refractivity contribution >= 4 is 20.0 Å². The Morgan fingerprint density at radius 2 is 0.700 bits per heavy atom. The van der Waals surface area contributed by atoms with Crippen LogP contribution in [-0.4, -0.2) is 106 Å². The van der Waals surface area contributed by atoms with Crippen molar-refractivity contribution in [3.05, 3.63) is 0 Å². The summed E-state index contributed by atoms with van der Waals surface area (Å²) in [7, 11) is 0. The van der Waals surface area contributed by atoms with E-state index in [0.717, 1.165) is 12.8 Å². The number of hydrogen-bond acceptors (Lipinski definition) is 11. The molecule has 349 valence electrons. The molecule has 3 radical (unpaired) electrons. The Morgan fingerprint density at radius 3 is 1.08 bits per heavy atom. The van der Waals surface area contributed by atoms with Crippen LogP contribution in [0.15, 0.2) is 0 Å². The first kappa shape index (κ1) is 53.4. The number of Topliss-reactive ketones (excluding diaryl/α,β-unsaturated/α-hetero) is 2. The molecule has 5 heterocycles. The molecule has 5 rings (SSSR count). The lowest BCUT2D eigenvalue weighted by atomic mass is 9.78. The number of ether oxygens (including phenoxy) is 9. The molecule has 0 spiro atoms. The van der Waals surface area contributed by atoms with Crippen LogP contribution in [-0.2, 0) is 52.2 Å². The molecule has 0 aromatic carbocycles. The van der Waals surface area contributed by atoms with E-state index in [2.05, 4.69) is 104 Å². The smallest absolute Gasteiger partial charge is 0.162 e. The lowest BCUT2D eigenvalue weighted by molar-refractivity contribution is -0.357. The molecule has 5 fully saturated rings. The first-order valence-corrected chi connectivity index (χ1v) is 23.2. The fourth-order valence-corrected chi connectivity index (χ4v) is 10.5. The quantitative estimate of drug-likeness (QED) is 0.165. The van der Waals surface area contributed by atoms with Crippen LogP contribution in [0.1, 0.15) is 146 Å². The first-order valence-electron chi connectivity index (χ1n) is 23.2. The van der Waals surface area contributed by atoms with E-state index in [-0.39, 0.29) is 113 Å². The van der Waals surface area contributed by atoms with E-state index < -0.39 is 49.6 Å². The average Bonchev–Trinajstić information content (AvgIpc) is 3.19. The van der Waals surface area contributed by atoms with Crippen LogP contribution in [0.25, 0.3) is 0 Å². The number of hydrogen-bond donors (Lipinski definition) is 0. The molecule has 11 unspecified atom stereocenters. The van der Waals surface area contributed by atoms with Crippen LogP contribution in [0.3, 0.4) is 0 Å². The van der Waals surface area contributed by atoms with Gasteiger partial charge in [-0.15, -0.1) is 0 Å². The normalized spacial score (nSPS) is 49.9. The molecule has 60 heavy (non-hydrogen) atoms. The maximum atomic E-state index is 13.3. The summed E-state index contributed by atoms with van der Waals surface area (Å²) in [5, 5.41) is 0. The largest absolute Gasteiger partial charge is 0.372 e. The summed E-state index contributed by atoms with van der Waals surface area (Å²) < 4.78 is 60.2. The number of ketones is 2. The molecule has 0 aromatic rings. The van der Waals surface area contributed by atoms with E-state index in [9.17, 15) is 9.59 Å². The predicted octanol–water partition coefficient (Wildman–Crippen LogP) is 9.12. The van der Waals surface area contributed by atoms with Crippen LogP contribution >= 0.6 is 0 Å². The second-order valence-corrected chi connectivity index (χ2v) is 19.6. The van der Waals surface area contributed by atoms with Gasteiger partial charge in [0, 0.05) is 33.5 Å². The van der Waals surface area contributed by atoms with Gasteiger partial charge in [0.05, 0.1) is 48.8 Å². The van der Waals surface area contributed by atoms with Gasteiger partial charge in [0.2, 0.25) is 0 Å². The predicted molar refractivity (Wildman–Crippen MR) is 236 cm³/mol. The summed E-state index contributed by atoms with van der Waals surface area (Å²) in [6, 6.07) is 0. The SMILES string of the molecule is C.CCC1O[C@@H](O[C@@H]2C(C(C)=O)O[C@@H](O[C@@H]3C(CC)O[C@H](O[C@@H]4C(C(C)=O)O[C@@H](O[C@H]5C(CC)OC(C)C(C)[C@H]5C)C(C)[C@@H]4C)C(C)[C@H]3C)C(C)[C@H]2C)C(C)[C@@H](C)[C@@H]1C.[2HH].[B]. The standard InChI is InChI=1S/C47H82O11.CH4.B.H2/c1-18-35-23(6)21(4)28(11)44(51-35)55-40-26(9)31(14)47(58-42(40)32(15)48)54-39-25(8)29(12)45(52-37(39)20-3)56-41-27(10)30(13)46(57-43(41)33(16)49)53-38-24(7)22(5)34(17)50-36(38)19-2;;;/h21-31,34-47H,18-20H2,1-17H3;1H4;;1H/t21-,22?,23-,24+,25+,26+,27-,28?,29?,30?,31?,34?,35?,36?,37?,38+,39-,40-,41-,42?,43?,44-,45+,46+,47+;;;/m0.../s1/i;;;1+1. The van der Waals surface area contributed by atoms with Crippen molar-refractivity contribution in [2.45, 2.75) is 231 Å². The zero-order valence-electron chi connectivity index (χ0n) is 39.6. The van der Waals surface area contributed by atoms with E-state index in [1.54, 1.807) is 13.8 Å². The monoisotopic (exact) mass is 853 g/mol. The van der Waals surface area contributed by atoms with Gasteiger partial charge < -0.3 is 42.6 Å². The number of carbonyl (C=O) groups is 2. The summed E-state index contributed by atoms with van der Waals surface area (Å²) in [6.45, 7) is 35.6. The maximum absolute atomic E-state index is 13.3. The van der Waals surface area contributed by atoms with Crippen LogP contribution in [0.5, 0.6) is 0 Å². The topological polar surface area (TPSA) is 117 Å². The Hall–Kier alpha value is -0.955. The fourth-order valence-electron chi connectivity index (χ4n) is 10.5. The van der Waals surface area contributed by atoms with Crippen molar-refractivity contribution in [1.82, 2.24) is 0 Å². The zero-order valence-corrected chi connectivity index (χ0v) is 39.6. The Kier molecular flexibility index (Phi) is 19.8. The van der Waals surface area contributed by atoms with Gasteiger partial charge >= 0.3 is 0 Å². The van der Waals surface area contributed by atoms with Gasteiger partial charge in [-0.2, -0.15) is 0 Å². The third-order valence-electron chi connectivity index (χ3n) is 16.2. The zero-order chi connectivity index (χ0) is 43.1. The van der Waals surface area contributed by atoms with Crippen molar-refractivity contribution in [3.8, 4) is 0 Å². The molecular weight excluding hydrogens is 763 g/mol. The molecule has 0 aliphatic carbocycles. The molecule has 0 bridgehead atoms. The second-order valence-electron chi connectivity index (χ2n) is 19.6. The summed E-state index contributed by atoms with van der Waals surface area (Å²) in [5.74, 6) is 1.19. The van der Waals surface area contributed by atoms with Crippen LogP contribution in [0.4, 0.5) is 0 Å². The molecule has 0 saturated carbocycles. The van der Waals surface area contributed by atoms with Crippen LogP contribution in [0.2, 0.25) is 0 Å². The maximum Gasteiger partial charge on any atom is 0.162 e. The summed E-state index contributed by atoms with van der Waals surface area (Å²) in [5.41, 5.74) is 0. The molecule has 0 amide bonds. The second kappa shape index (κ2) is 22.3. The molecule has 0 N–H and O–H groups in total. The van der Waals surface area contributed by atoms with E-state index in [4.69, 9.17) is 42.6 Å². The van der Waals surface area contributed by atoms with Crippen molar-refractivity contribution in [1.29, 1.82) is 0 Å². The Balaban J connectivity index is 0.00000427. The Bertz CT molecular complexity index is 1350. The lowest BCUT2D eigenvalue weighted by Crippen LogP contribution is -2.60. The van der Waals surface area contributed by atoms with E-state index in [0.29, 0.717) is 24.2 Å². The summed E-state index contributed by atoms with van der Waals surface area (Å²) >= 11 is 0. The number of rotatable bonds is 13. The molecular formula is C48H88BO11. The van der Waals surface area contributed by atoms with E-state index >= 15 is 0 Å². The highest BCUT2D eigenvalue weighted by Crippen LogP contribution is 2.45. The molecule has 0 aromatic heterocycles. The fraction of sp³-hybridized carbons (Fsp3) is 0.958. The van der Waals surface area contributed by atoms with Crippen LogP contribution in [0, 0.1) is 65.1 Å². The molecule has 25 atom stereocenters. The highest BCUT2D eigenvalue weighted by Gasteiger charge is 2.53. The molecule has 11 nitrogen and oxygen atoms in total. The Morgan fingerprint density at radius 1 is 0.400 bits per heavy atom.